The molecule has 1 spiro atoms. The van der Waals surface area contributed by atoms with Crippen LogP contribution in [0.5, 0.6) is 0 Å². The summed E-state index contributed by atoms with van der Waals surface area (Å²) in [4.78, 5) is 19.8. The number of piperidine rings is 1. The number of hydrogen-bond acceptors (Lipinski definition) is 4. The van der Waals surface area contributed by atoms with E-state index in [1.54, 1.807) is 12.1 Å². The summed E-state index contributed by atoms with van der Waals surface area (Å²) in [7, 11) is 0. The van der Waals surface area contributed by atoms with Gasteiger partial charge in [0.15, 0.2) is 0 Å². The maximum Gasteiger partial charge on any atom is 0.322 e. The zero-order valence-corrected chi connectivity index (χ0v) is 19.7. The smallest absolute Gasteiger partial charge is 0.322 e. The van der Waals surface area contributed by atoms with E-state index in [0.717, 1.165) is 51.3 Å². The molecule has 6 nitrogen and oxygen atoms in total. The Hall–Kier alpha value is -1.76. The number of nitrogens with zero attached hydrogens (tertiary/aromatic N) is 3. The van der Waals surface area contributed by atoms with E-state index >= 15 is 0 Å². The first-order valence-corrected chi connectivity index (χ1v) is 12.5. The molecule has 0 bridgehead atoms. The van der Waals surface area contributed by atoms with E-state index in [-0.39, 0.29) is 23.6 Å². The zero-order chi connectivity index (χ0) is 22.3. The standard InChI is InChI=1S/C25H35ClN4O2/c1-18-22-8-7-21(6-3-12-28-13-11-25(9-10-25)23(31)17-28)30(22)15-14-29(18)24(32)27-20-5-2-4-19(26)16-20/h2,4-5,8,16,18,21,23,31H,3,6-7,9-15,17H2,1H3,(H,27,32). The second-order valence-corrected chi connectivity index (χ2v) is 10.5. The zero-order valence-electron chi connectivity index (χ0n) is 19.0. The largest absolute Gasteiger partial charge is 0.391 e. The lowest BCUT2D eigenvalue weighted by Gasteiger charge is -2.43. The molecule has 32 heavy (non-hydrogen) atoms. The van der Waals surface area contributed by atoms with Crippen LogP contribution in [0.15, 0.2) is 36.0 Å². The van der Waals surface area contributed by atoms with E-state index in [4.69, 9.17) is 11.6 Å². The van der Waals surface area contributed by atoms with Gasteiger partial charge in [0.25, 0.3) is 0 Å². The Balaban J connectivity index is 1.10. The van der Waals surface area contributed by atoms with Crippen LogP contribution in [0.2, 0.25) is 5.02 Å². The molecule has 2 amide bonds. The number of anilines is 1. The summed E-state index contributed by atoms with van der Waals surface area (Å²) in [6.45, 7) is 6.81. The third-order valence-corrected chi connectivity index (χ3v) is 8.39. The molecular formula is C25H35ClN4O2. The molecule has 7 heteroatoms. The SMILES string of the molecule is CC1C2=CCC(CCCN3CCC4(CC4)C(O)C3)N2CCN1C(=O)Nc1cccc(Cl)c1. The Kier molecular flexibility index (Phi) is 6.12. The topological polar surface area (TPSA) is 59.1 Å². The number of piperazine rings is 1. The average Bonchev–Trinajstić information content (AvgIpc) is 3.43. The first-order valence-electron chi connectivity index (χ1n) is 12.2. The monoisotopic (exact) mass is 458 g/mol. The van der Waals surface area contributed by atoms with Gasteiger partial charge >= 0.3 is 6.03 Å². The van der Waals surface area contributed by atoms with Crippen LogP contribution in [-0.2, 0) is 0 Å². The summed E-state index contributed by atoms with van der Waals surface area (Å²) in [6, 6.07) is 7.83. The lowest BCUT2D eigenvalue weighted by Crippen LogP contribution is -2.54. The molecule has 1 aromatic rings. The Labute approximate surface area is 196 Å². The number of nitrogens with one attached hydrogen (secondary N) is 1. The summed E-state index contributed by atoms with van der Waals surface area (Å²) < 4.78 is 0. The molecule has 2 saturated heterocycles. The molecular weight excluding hydrogens is 424 g/mol. The minimum atomic E-state index is -0.122. The molecule has 0 radical (unpaired) electrons. The molecule has 5 rings (SSSR count). The number of amides is 2. The number of halogens is 1. The highest BCUT2D eigenvalue weighted by Gasteiger charge is 2.51. The number of aliphatic hydroxyl groups excluding tert-OH is 1. The number of β-amino-alcohol motifs (C(OH)–C–C–N with tert-alkyl or cyclic N) is 1. The highest BCUT2D eigenvalue weighted by atomic mass is 35.5. The highest BCUT2D eigenvalue weighted by molar-refractivity contribution is 6.30. The Morgan fingerprint density at radius 2 is 2.09 bits per heavy atom. The van der Waals surface area contributed by atoms with Crippen molar-refractivity contribution in [3.8, 4) is 0 Å². The summed E-state index contributed by atoms with van der Waals surface area (Å²) in [6.07, 6.45) is 9.21. The number of urea groups is 1. The molecule has 3 atom stereocenters. The van der Waals surface area contributed by atoms with Crippen molar-refractivity contribution < 1.29 is 9.90 Å². The normalized spacial score (nSPS) is 29.1. The molecule has 1 saturated carbocycles. The Morgan fingerprint density at radius 3 is 2.84 bits per heavy atom. The quantitative estimate of drug-likeness (QED) is 0.695. The van der Waals surface area contributed by atoms with Crippen molar-refractivity contribution in [2.45, 2.75) is 63.6 Å². The summed E-state index contributed by atoms with van der Waals surface area (Å²) in [5.41, 5.74) is 2.30. The Morgan fingerprint density at radius 1 is 1.25 bits per heavy atom. The van der Waals surface area contributed by atoms with E-state index in [9.17, 15) is 9.90 Å². The molecule has 1 aliphatic carbocycles. The van der Waals surface area contributed by atoms with Crippen molar-refractivity contribution in [3.63, 3.8) is 0 Å². The van der Waals surface area contributed by atoms with Crippen LogP contribution in [0.1, 0.15) is 45.4 Å². The lowest BCUT2D eigenvalue weighted by atomic mass is 9.90. The van der Waals surface area contributed by atoms with Crippen LogP contribution >= 0.6 is 11.6 Å². The summed E-state index contributed by atoms with van der Waals surface area (Å²) >= 11 is 6.05. The summed E-state index contributed by atoms with van der Waals surface area (Å²) in [5.74, 6) is 0. The maximum atomic E-state index is 12.9. The Bertz CT molecular complexity index is 886. The molecule has 3 heterocycles. The molecule has 2 N–H and O–H groups in total. The third kappa shape index (κ3) is 4.37. The van der Waals surface area contributed by atoms with Gasteiger partial charge in [0.1, 0.15) is 0 Å². The van der Waals surface area contributed by atoms with Crippen molar-refractivity contribution in [3.05, 3.63) is 41.1 Å². The summed E-state index contributed by atoms with van der Waals surface area (Å²) in [5, 5.41) is 14.0. The van der Waals surface area contributed by atoms with Gasteiger partial charge in [-0.05, 0) is 82.2 Å². The van der Waals surface area contributed by atoms with Gasteiger partial charge in [-0.3, -0.25) is 0 Å². The average molecular weight is 459 g/mol. The van der Waals surface area contributed by atoms with Gasteiger partial charge in [-0.1, -0.05) is 23.7 Å². The fraction of sp³-hybridized carbons (Fsp3) is 0.640. The molecule has 3 unspecified atom stereocenters. The van der Waals surface area contributed by atoms with Crippen LogP contribution in [0.3, 0.4) is 0 Å². The van der Waals surface area contributed by atoms with Gasteiger partial charge in [0, 0.05) is 42.1 Å². The number of benzene rings is 1. The molecule has 4 aliphatic rings. The van der Waals surface area contributed by atoms with Gasteiger partial charge in [-0.25, -0.2) is 4.79 Å². The van der Waals surface area contributed by atoms with Crippen LogP contribution in [0.25, 0.3) is 0 Å². The van der Waals surface area contributed by atoms with E-state index in [1.165, 1.54) is 31.4 Å². The number of aliphatic hydroxyl groups is 1. The highest BCUT2D eigenvalue weighted by Crippen LogP contribution is 2.53. The van der Waals surface area contributed by atoms with Gasteiger partial charge in [0.2, 0.25) is 0 Å². The van der Waals surface area contributed by atoms with Crippen LogP contribution in [-0.4, -0.2) is 76.7 Å². The fourth-order valence-electron chi connectivity index (χ4n) is 5.89. The van der Waals surface area contributed by atoms with Gasteiger partial charge in [0.05, 0.1) is 12.1 Å². The number of carbonyl (C=O) groups is 1. The third-order valence-electron chi connectivity index (χ3n) is 8.15. The number of carbonyl (C=O) groups excluding carboxylic acids is 1. The van der Waals surface area contributed by atoms with E-state index in [0.29, 0.717) is 11.1 Å². The number of hydrogen-bond donors (Lipinski definition) is 2. The minimum Gasteiger partial charge on any atom is -0.391 e. The molecule has 3 aliphatic heterocycles. The second-order valence-electron chi connectivity index (χ2n) is 10.1. The molecule has 3 fully saturated rings. The van der Waals surface area contributed by atoms with E-state index in [1.807, 2.05) is 17.0 Å². The van der Waals surface area contributed by atoms with E-state index < -0.39 is 0 Å². The first-order chi connectivity index (χ1) is 15.4. The van der Waals surface area contributed by atoms with Crippen molar-refractivity contribution in [1.82, 2.24) is 14.7 Å². The van der Waals surface area contributed by atoms with Crippen LogP contribution in [0, 0.1) is 5.41 Å². The van der Waals surface area contributed by atoms with Crippen molar-refractivity contribution in [2.24, 2.45) is 5.41 Å². The maximum absolute atomic E-state index is 12.9. The predicted octanol–water partition coefficient (Wildman–Crippen LogP) is 4.16. The fourth-order valence-corrected chi connectivity index (χ4v) is 6.08. The van der Waals surface area contributed by atoms with Gasteiger partial charge < -0.3 is 25.1 Å². The van der Waals surface area contributed by atoms with Crippen molar-refractivity contribution in [1.29, 1.82) is 0 Å². The number of likely N-dealkylation sites (tertiary alicyclic amines) is 1. The first kappa shape index (κ1) is 22.1. The van der Waals surface area contributed by atoms with Crippen molar-refractivity contribution >= 4 is 23.3 Å². The van der Waals surface area contributed by atoms with Crippen LogP contribution < -0.4 is 5.32 Å². The van der Waals surface area contributed by atoms with Gasteiger partial charge in [-0.2, -0.15) is 0 Å². The molecule has 174 valence electrons. The second kappa shape index (κ2) is 8.88. The predicted molar refractivity (Wildman–Crippen MR) is 128 cm³/mol. The number of rotatable bonds is 5. The lowest BCUT2D eigenvalue weighted by molar-refractivity contribution is 0.00746. The van der Waals surface area contributed by atoms with Crippen molar-refractivity contribution in [2.75, 3.05) is 38.0 Å². The molecule has 0 aromatic heterocycles. The van der Waals surface area contributed by atoms with Gasteiger partial charge in [-0.15, -0.1) is 0 Å². The van der Waals surface area contributed by atoms with E-state index in [2.05, 4.69) is 28.1 Å². The molecule has 1 aromatic carbocycles. The minimum absolute atomic E-state index is 0.0687. The number of fused-ring (bicyclic) bond motifs is 1. The van der Waals surface area contributed by atoms with Crippen LogP contribution in [0.4, 0.5) is 10.5 Å².